The van der Waals surface area contributed by atoms with Crippen molar-refractivity contribution in [2.75, 3.05) is 32.2 Å². The van der Waals surface area contributed by atoms with Gasteiger partial charge in [-0.05, 0) is 81.5 Å². The molecule has 0 aliphatic carbocycles. The molecule has 0 fully saturated rings. The van der Waals surface area contributed by atoms with E-state index in [4.69, 9.17) is 30.4 Å². The zero-order valence-electron chi connectivity index (χ0n) is 27.4. The van der Waals surface area contributed by atoms with Crippen LogP contribution in [0.2, 0.25) is 0 Å². The van der Waals surface area contributed by atoms with Crippen molar-refractivity contribution in [2.24, 2.45) is 0 Å². The molecule has 7 nitrogen and oxygen atoms in total. The Morgan fingerprint density at radius 1 is 1.09 bits per heavy atom. The molecule has 0 bridgehead atoms. The van der Waals surface area contributed by atoms with Gasteiger partial charge in [-0.25, -0.2) is 4.67 Å². The molecule has 0 radical (unpaired) electrons. The summed E-state index contributed by atoms with van der Waals surface area (Å²) >= 11 is 0. The van der Waals surface area contributed by atoms with Crippen LogP contribution in [-0.4, -0.2) is 49.7 Å². The second-order valence-corrected chi connectivity index (χ2v) is 13.8. The van der Waals surface area contributed by atoms with Gasteiger partial charge in [-0.15, -0.1) is 0 Å². The highest BCUT2D eigenvalue weighted by Gasteiger charge is 2.38. The monoisotopic (exact) mass is 619 g/mol. The molecule has 238 valence electrons. The molecule has 0 saturated heterocycles. The van der Waals surface area contributed by atoms with Crippen LogP contribution < -0.4 is 14.8 Å². The second-order valence-electron chi connectivity index (χ2n) is 12.4. The van der Waals surface area contributed by atoms with E-state index in [9.17, 15) is 0 Å². The lowest BCUT2D eigenvalue weighted by Gasteiger charge is -2.38. The van der Waals surface area contributed by atoms with Crippen molar-refractivity contribution in [3.8, 4) is 17.6 Å². The van der Waals surface area contributed by atoms with Crippen LogP contribution in [0, 0.1) is 11.3 Å². The largest absolute Gasteiger partial charge is 0.497 e. The van der Waals surface area contributed by atoms with E-state index in [1.807, 2.05) is 12.1 Å². The molecule has 3 atom stereocenters. The van der Waals surface area contributed by atoms with E-state index in [1.54, 1.807) is 7.11 Å². The SMILES string of the molecule is C=C1C2=Cc3ccc(OC)cc3OC2CCNc2ccccc2C1(C)CCCCCOP(OCCC#N)N(C(C)C)C(C)C. The Morgan fingerprint density at radius 3 is 2.57 bits per heavy atom. The van der Waals surface area contributed by atoms with Crippen molar-refractivity contribution in [3.63, 3.8) is 0 Å². The first-order chi connectivity index (χ1) is 21.2. The van der Waals surface area contributed by atoms with E-state index in [2.05, 4.69) is 87.1 Å². The number of unbranched alkanes of at least 4 members (excludes halogenated alkanes) is 2. The van der Waals surface area contributed by atoms with Crippen molar-refractivity contribution in [3.05, 3.63) is 71.3 Å². The number of benzene rings is 2. The molecule has 2 aliphatic rings. The Labute approximate surface area is 266 Å². The van der Waals surface area contributed by atoms with Crippen LogP contribution in [0.4, 0.5) is 5.69 Å². The first-order valence-corrected chi connectivity index (χ1v) is 17.1. The summed E-state index contributed by atoms with van der Waals surface area (Å²) in [5.41, 5.74) is 5.53. The summed E-state index contributed by atoms with van der Waals surface area (Å²) in [6, 6.07) is 17.5. The van der Waals surface area contributed by atoms with Gasteiger partial charge in [-0.2, -0.15) is 5.26 Å². The maximum atomic E-state index is 8.99. The normalized spacial score (nSPS) is 20.2. The molecular formula is C36H50N3O4P. The number of anilines is 1. The molecule has 4 rings (SSSR count). The molecule has 2 aromatic carbocycles. The fourth-order valence-corrected chi connectivity index (χ4v) is 7.90. The molecule has 2 aromatic rings. The van der Waals surface area contributed by atoms with Crippen molar-refractivity contribution < 1.29 is 18.5 Å². The number of nitrogens with one attached hydrogen (secondary N) is 1. The number of hydrogen-bond acceptors (Lipinski definition) is 7. The summed E-state index contributed by atoms with van der Waals surface area (Å²) < 4.78 is 26.7. The van der Waals surface area contributed by atoms with Gasteiger partial charge >= 0.3 is 0 Å². The average Bonchev–Trinajstić information content (AvgIpc) is 3.04. The maximum Gasteiger partial charge on any atom is 0.259 e. The lowest BCUT2D eigenvalue weighted by Crippen LogP contribution is -2.33. The third-order valence-electron chi connectivity index (χ3n) is 8.59. The van der Waals surface area contributed by atoms with Gasteiger partial charge in [0.1, 0.15) is 17.6 Å². The summed E-state index contributed by atoms with van der Waals surface area (Å²) in [7, 11) is 0.471. The number of para-hydroxylation sites is 1. The molecule has 0 spiro atoms. The van der Waals surface area contributed by atoms with Gasteiger partial charge in [0.15, 0.2) is 0 Å². The van der Waals surface area contributed by atoms with Gasteiger partial charge in [0.25, 0.3) is 8.53 Å². The van der Waals surface area contributed by atoms with Gasteiger partial charge < -0.3 is 23.8 Å². The molecule has 0 aromatic heterocycles. The highest BCUT2D eigenvalue weighted by molar-refractivity contribution is 7.44. The minimum absolute atomic E-state index is 0.0817. The van der Waals surface area contributed by atoms with E-state index in [0.717, 1.165) is 61.3 Å². The second kappa shape index (κ2) is 15.9. The van der Waals surface area contributed by atoms with Gasteiger partial charge in [0.2, 0.25) is 0 Å². The molecule has 44 heavy (non-hydrogen) atoms. The Hall–Kier alpha value is -2.88. The summed E-state index contributed by atoms with van der Waals surface area (Å²) in [6.45, 7) is 17.6. The Kier molecular flexibility index (Phi) is 12.3. The van der Waals surface area contributed by atoms with Crippen LogP contribution in [0.15, 0.2) is 60.2 Å². The van der Waals surface area contributed by atoms with E-state index in [-0.39, 0.29) is 11.5 Å². The van der Waals surface area contributed by atoms with Crippen LogP contribution in [0.1, 0.15) is 84.3 Å². The molecule has 0 amide bonds. The number of ether oxygens (including phenoxy) is 2. The van der Waals surface area contributed by atoms with Crippen molar-refractivity contribution >= 4 is 20.3 Å². The Balaban J connectivity index is 1.48. The lowest BCUT2D eigenvalue weighted by atomic mass is 9.68. The standard InChI is InChI=1S/C36H50N3O4P/c1-26(2)39(27(3)4)44(42-23-13-20-37)41-22-12-8-11-19-36(6)28(5)31-24-29-16-17-30(40-7)25-35(29)43-34(31)18-21-38-33-15-10-9-14-32(33)36/h9-10,14-17,24-27,34,38H,5,8,11-13,18-19,21-23H2,1-4,6-7H3. The van der Waals surface area contributed by atoms with Gasteiger partial charge in [-0.3, -0.25) is 0 Å². The highest BCUT2D eigenvalue weighted by Crippen LogP contribution is 2.48. The molecule has 8 heteroatoms. The van der Waals surface area contributed by atoms with Crippen molar-refractivity contribution in [2.45, 2.75) is 96.7 Å². The predicted octanol–water partition coefficient (Wildman–Crippen LogP) is 9.02. The summed E-state index contributed by atoms with van der Waals surface area (Å²) in [5, 5.41) is 12.7. The molecule has 0 saturated carbocycles. The zero-order chi connectivity index (χ0) is 31.7. The topological polar surface area (TPSA) is 76.0 Å². The number of rotatable bonds is 14. The van der Waals surface area contributed by atoms with E-state index >= 15 is 0 Å². The number of fused-ring (bicyclic) bond motifs is 3. The van der Waals surface area contributed by atoms with Crippen LogP contribution in [0.5, 0.6) is 11.5 Å². The number of nitrogens with zero attached hydrogens (tertiary/aromatic N) is 2. The third-order valence-corrected chi connectivity index (χ3v) is 10.7. The summed E-state index contributed by atoms with van der Waals surface area (Å²) in [4.78, 5) is 0. The fraction of sp³-hybridized carbons (Fsp3) is 0.528. The lowest BCUT2D eigenvalue weighted by molar-refractivity contribution is 0.174. The molecular weight excluding hydrogens is 569 g/mol. The third kappa shape index (κ3) is 8.03. The maximum absolute atomic E-state index is 8.99. The Bertz CT molecular complexity index is 1330. The number of nitriles is 1. The van der Waals surface area contributed by atoms with E-state index in [0.29, 0.717) is 31.7 Å². The Morgan fingerprint density at radius 2 is 1.84 bits per heavy atom. The van der Waals surface area contributed by atoms with Crippen LogP contribution in [-0.2, 0) is 14.5 Å². The summed E-state index contributed by atoms with van der Waals surface area (Å²) in [5.74, 6) is 1.65. The van der Waals surface area contributed by atoms with Crippen LogP contribution in [0.25, 0.3) is 6.08 Å². The smallest absolute Gasteiger partial charge is 0.259 e. The van der Waals surface area contributed by atoms with Gasteiger partial charge in [-0.1, -0.05) is 44.5 Å². The average molecular weight is 620 g/mol. The highest BCUT2D eigenvalue weighted by atomic mass is 31.2. The van der Waals surface area contributed by atoms with Gasteiger partial charge in [0.05, 0.1) is 32.8 Å². The fourth-order valence-electron chi connectivity index (χ4n) is 6.27. The predicted molar refractivity (Wildman–Crippen MR) is 181 cm³/mol. The molecule has 2 aliphatic heterocycles. The first kappa shape index (κ1) is 34.0. The van der Waals surface area contributed by atoms with Crippen LogP contribution in [0.3, 0.4) is 0 Å². The van der Waals surface area contributed by atoms with Crippen LogP contribution >= 0.6 is 8.53 Å². The minimum Gasteiger partial charge on any atom is -0.497 e. The quantitative estimate of drug-likeness (QED) is 0.167. The summed E-state index contributed by atoms with van der Waals surface area (Å²) in [6.07, 6.45) is 7.37. The first-order valence-electron chi connectivity index (χ1n) is 16.0. The molecule has 3 unspecified atom stereocenters. The number of methoxy groups -OCH3 is 1. The van der Waals surface area contributed by atoms with Crippen molar-refractivity contribution in [1.29, 1.82) is 5.26 Å². The van der Waals surface area contributed by atoms with E-state index < -0.39 is 8.53 Å². The molecule has 2 heterocycles. The molecule has 1 N–H and O–H groups in total. The minimum atomic E-state index is -1.21. The van der Waals surface area contributed by atoms with Crippen molar-refractivity contribution in [1.82, 2.24) is 4.67 Å². The van der Waals surface area contributed by atoms with Gasteiger partial charge in [0, 0.05) is 47.8 Å². The number of hydrogen-bond donors (Lipinski definition) is 1. The zero-order valence-corrected chi connectivity index (χ0v) is 28.3. The van der Waals surface area contributed by atoms with E-state index in [1.165, 1.54) is 16.8 Å².